The molecule has 4 aromatic rings. The number of carbonyl (C=O) groups excluding carboxylic acids is 1. The average Bonchev–Trinajstić information content (AvgIpc) is 3.10. The van der Waals surface area contributed by atoms with Crippen LogP contribution < -0.4 is 10.1 Å². The molecular formula is C24H23FN4O3. The largest absolute Gasteiger partial charge is 0.457 e. The van der Waals surface area contributed by atoms with Crippen molar-refractivity contribution >= 4 is 28.5 Å². The molecule has 164 valence electrons. The molecule has 4 rings (SSSR count). The number of anilines is 2. The Morgan fingerprint density at radius 2 is 1.94 bits per heavy atom. The molecule has 0 amide bonds. The van der Waals surface area contributed by atoms with Crippen molar-refractivity contribution < 1.29 is 18.7 Å². The van der Waals surface area contributed by atoms with Gasteiger partial charge in [0.25, 0.3) is 0 Å². The Bertz CT molecular complexity index is 1260. The number of aromatic nitrogens is 3. The minimum absolute atomic E-state index is 0.0588. The zero-order valence-electron chi connectivity index (χ0n) is 17.8. The van der Waals surface area contributed by atoms with Gasteiger partial charge in [0.05, 0.1) is 16.7 Å². The number of hydrogen-bond acceptors (Lipinski definition) is 6. The summed E-state index contributed by atoms with van der Waals surface area (Å²) in [5, 5.41) is 3.02. The molecule has 0 bridgehead atoms. The predicted molar refractivity (Wildman–Crippen MR) is 120 cm³/mol. The third-order valence-electron chi connectivity index (χ3n) is 4.98. The Kier molecular flexibility index (Phi) is 6.42. The van der Waals surface area contributed by atoms with E-state index in [9.17, 15) is 9.18 Å². The number of imidazole rings is 1. The molecule has 0 aliphatic rings. The number of rotatable bonds is 9. The van der Waals surface area contributed by atoms with Gasteiger partial charge in [0, 0.05) is 45.5 Å². The number of Topliss-reactive ketones (excluding diaryl/α,β-unsaturated/α-hetero) is 1. The van der Waals surface area contributed by atoms with Crippen LogP contribution >= 0.6 is 0 Å². The number of fused-ring (bicyclic) bond motifs is 1. The van der Waals surface area contributed by atoms with Gasteiger partial charge >= 0.3 is 0 Å². The Morgan fingerprint density at radius 3 is 2.75 bits per heavy atom. The third-order valence-corrected chi connectivity index (χ3v) is 4.98. The maximum absolute atomic E-state index is 14.0. The number of aryl methyl sites for hydroxylation is 1. The Balaban J connectivity index is 1.53. The monoisotopic (exact) mass is 434 g/mol. The predicted octanol–water partition coefficient (Wildman–Crippen LogP) is 5.25. The summed E-state index contributed by atoms with van der Waals surface area (Å²) in [6, 6.07) is 15.2. The third kappa shape index (κ3) is 4.76. The summed E-state index contributed by atoms with van der Waals surface area (Å²) < 4.78 is 26.8. The van der Waals surface area contributed by atoms with E-state index < -0.39 is 0 Å². The molecule has 0 fully saturated rings. The number of carbonyl (C=O) groups is 1. The smallest absolute Gasteiger partial charge is 0.208 e. The standard InChI is InChI=1S/C24H23FN4O3/c1-29-22-10-9-16(14-20(22)28-24(29)27-19-7-4-3-6-18(19)25)32-17-11-12-26-21(15-17)23(30)8-5-13-31-2/h3-4,6-7,9-12,14-15H,5,8,13H2,1-2H3,(H,27,28). The highest BCUT2D eigenvalue weighted by molar-refractivity contribution is 5.94. The Labute approximate surface area is 184 Å². The molecule has 32 heavy (non-hydrogen) atoms. The molecule has 8 heteroatoms. The first kappa shape index (κ1) is 21.5. The van der Waals surface area contributed by atoms with E-state index in [-0.39, 0.29) is 11.6 Å². The molecule has 2 aromatic carbocycles. The number of ether oxygens (including phenoxy) is 2. The average molecular weight is 434 g/mol. The fourth-order valence-electron chi connectivity index (χ4n) is 3.31. The summed E-state index contributed by atoms with van der Waals surface area (Å²) in [6.45, 7) is 0.528. The molecule has 0 saturated carbocycles. The lowest BCUT2D eigenvalue weighted by Gasteiger charge is -2.07. The van der Waals surface area contributed by atoms with Crippen LogP contribution in [0, 0.1) is 5.82 Å². The van der Waals surface area contributed by atoms with Crippen molar-refractivity contribution in [3.05, 3.63) is 72.3 Å². The zero-order valence-corrected chi connectivity index (χ0v) is 17.8. The van der Waals surface area contributed by atoms with Gasteiger partial charge in [-0.2, -0.15) is 0 Å². The first-order valence-corrected chi connectivity index (χ1v) is 10.2. The second-order valence-electron chi connectivity index (χ2n) is 7.25. The van der Waals surface area contributed by atoms with Gasteiger partial charge in [0.1, 0.15) is 23.0 Å². The number of hydrogen-bond donors (Lipinski definition) is 1. The van der Waals surface area contributed by atoms with E-state index in [0.29, 0.717) is 53.8 Å². The van der Waals surface area contributed by atoms with Gasteiger partial charge < -0.3 is 19.4 Å². The van der Waals surface area contributed by atoms with Crippen molar-refractivity contribution in [2.24, 2.45) is 7.05 Å². The molecule has 0 spiro atoms. The maximum Gasteiger partial charge on any atom is 0.208 e. The first-order chi connectivity index (χ1) is 15.5. The second-order valence-corrected chi connectivity index (χ2v) is 7.25. The number of benzene rings is 2. The van der Waals surface area contributed by atoms with Gasteiger partial charge in [0.2, 0.25) is 5.95 Å². The summed E-state index contributed by atoms with van der Waals surface area (Å²) in [4.78, 5) is 21.0. The van der Waals surface area contributed by atoms with Crippen molar-refractivity contribution in [2.45, 2.75) is 12.8 Å². The van der Waals surface area contributed by atoms with E-state index in [4.69, 9.17) is 9.47 Å². The lowest BCUT2D eigenvalue weighted by molar-refractivity contribution is 0.0958. The summed E-state index contributed by atoms with van der Waals surface area (Å²) in [7, 11) is 3.46. The van der Waals surface area contributed by atoms with Gasteiger partial charge in [-0.15, -0.1) is 0 Å². The molecule has 1 N–H and O–H groups in total. The van der Waals surface area contributed by atoms with Gasteiger partial charge in [-0.1, -0.05) is 12.1 Å². The number of nitrogens with one attached hydrogen (secondary N) is 1. The fraction of sp³-hybridized carbons (Fsp3) is 0.208. The molecule has 0 aliphatic heterocycles. The van der Waals surface area contributed by atoms with Gasteiger partial charge in [-0.3, -0.25) is 9.78 Å². The van der Waals surface area contributed by atoms with Crippen molar-refractivity contribution in [1.82, 2.24) is 14.5 Å². The van der Waals surface area contributed by atoms with E-state index in [1.165, 1.54) is 6.07 Å². The number of nitrogens with zero attached hydrogens (tertiary/aromatic N) is 3. The van der Waals surface area contributed by atoms with Crippen LogP contribution in [0.1, 0.15) is 23.3 Å². The van der Waals surface area contributed by atoms with Crippen LogP contribution in [-0.4, -0.2) is 34.0 Å². The topological polar surface area (TPSA) is 78.3 Å². The summed E-state index contributed by atoms with van der Waals surface area (Å²) >= 11 is 0. The maximum atomic E-state index is 14.0. The lowest BCUT2D eigenvalue weighted by atomic mass is 10.1. The Morgan fingerprint density at radius 1 is 1.12 bits per heavy atom. The van der Waals surface area contributed by atoms with Gasteiger partial charge in [-0.05, 0) is 36.8 Å². The Hall–Kier alpha value is -3.78. The normalized spacial score (nSPS) is 11.0. The fourth-order valence-corrected chi connectivity index (χ4v) is 3.31. The number of methoxy groups -OCH3 is 1. The zero-order chi connectivity index (χ0) is 22.5. The van der Waals surface area contributed by atoms with Gasteiger partial charge in [0.15, 0.2) is 5.78 Å². The van der Waals surface area contributed by atoms with E-state index in [1.54, 1.807) is 49.7 Å². The molecule has 0 atom stereocenters. The highest BCUT2D eigenvalue weighted by Gasteiger charge is 2.12. The van der Waals surface area contributed by atoms with Crippen LogP contribution in [0.5, 0.6) is 11.5 Å². The summed E-state index contributed by atoms with van der Waals surface area (Å²) in [5.74, 6) is 1.17. The molecule has 2 heterocycles. The van der Waals surface area contributed by atoms with Gasteiger partial charge in [-0.25, -0.2) is 9.37 Å². The van der Waals surface area contributed by atoms with E-state index in [1.807, 2.05) is 23.7 Å². The van der Waals surface area contributed by atoms with E-state index in [2.05, 4.69) is 15.3 Å². The van der Waals surface area contributed by atoms with Crippen molar-refractivity contribution in [3.63, 3.8) is 0 Å². The lowest BCUT2D eigenvalue weighted by Crippen LogP contribution is -2.04. The highest BCUT2D eigenvalue weighted by atomic mass is 19.1. The van der Waals surface area contributed by atoms with E-state index >= 15 is 0 Å². The minimum atomic E-state index is -0.353. The number of pyridine rings is 1. The summed E-state index contributed by atoms with van der Waals surface area (Å²) in [6.07, 6.45) is 2.55. The quantitative estimate of drug-likeness (QED) is 0.286. The second kappa shape index (κ2) is 9.57. The minimum Gasteiger partial charge on any atom is -0.457 e. The van der Waals surface area contributed by atoms with Crippen LogP contribution in [0.15, 0.2) is 60.8 Å². The number of ketones is 1. The van der Waals surface area contributed by atoms with Crippen molar-refractivity contribution in [1.29, 1.82) is 0 Å². The first-order valence-electron chi connectivity index (χ1n) is 10.2. The van der Waals surface area contributed by atoms with Crippen LogP contribution in [0.4, 0.5) is 16.0 Å². The SMILES string of the molecule is COCCCC(=O)c1cc(Oc2ccc3c(c2)nc(Nc2ccccc2F)n3C)ccn1. The molecule has 7 nitrogen and oxygen atoms in total. The molecule has 0 unspecified atom stereocenters. The van der Waals surface area contributed by atoms with Crippen LogP contribution in [0.2, 0.25) is 0 Å². The molecule has 2 aromatic heterocycles. The van der Waals surface area contributed by atoms with Crippen LogP contribution in [0.3, 0.4) is 0 Å². The molecule has 0 aliphatic carbocycles. The number of halogens is 1. The van der Waals surface area contributed by atoms with Crippen LogP contribution in [-0.2, 0) is 11.8 Å². The molecular weight excluding hydrogens is 411 g/mol. The van der Waals surface area contributed by atoms with E-state index in [0.717, 1.165) is 5.52 Å². The van der Waals surface area contributed by atoms with Crippen LogP contribution in [0.25, 0.3) is 11.0 Å². The summed E-state index contributed by atoms with van der Waals surface area (Å²) in [5.41, 5.74) is 2.25. The van der Waals surface area contributed by atoms with Crippen molar-refractivity contribution in [3.8, 4) is 11.5 Å². The molecule has 0 radical (unpaired) electrons. The highest BCUT2D eigenvalue weighted by Crippen LogP contribution is 2.28. The molecule has 0 saturated heterocycles. The number of para-hydroxylation sites is 1. The van der Waals surface area contributed by atoms with Crippen molar-refractivity contribution in [2.75, 3.05) is 19.0 Å².